The van der Waals surface area contributed by atoms with Gasteiger partial charge in [0.15, 0.2) is 16.6 Å². The van der Waals surface area contributed by atoms with Gasteiger partial charge in [-0.3, -0.25) is 9.59 Å². The molecule has 3 fully saturated rings. The molecular formula is C21H26F2O3S. The lowest BCUT2D eigenvalue weighted by Crippen LogP contribution is -2.68. The van der Waals surface area contributed by atoms with Crippen molar-refractivity contribution in [2.45, 2.75) is 58.0 Å². The monoisotopic (exact) mass is 396 g/mol. The fourth-order valence-corrected chi connectivity index (χ4v) is 7.65. The van der Waals surface area contributed by atoms with Crippen molar-refractivity contribution in [3.05, 3.63) is 23.8 Å². The molecule has 3 nitrogen and oxygen atoms in total. The molecule has 0 aromatic carbocycles. The van der Waals surface area contributed by atoms with Crippen molar-refractivity contribution in [1.82, 2.24) is 0 Å². The lowest BCUT2D eigenvalue weighted by Gasteiger charge is -2.62. The molecule has 4 aliphatic carbocycles. The van der Waals surface area contributed by atoms with Gasteiger partial charge in [0.2, 0.25) is 0 Å². The maximum Gasteiger partial charge on any atom is 0.189 e. The Bertz CT molecular complexity index is 779. The van der Waals surface area contributed by atoms with E-state index >= 15 is 8.78 Å². The first-order valence-electron chi connectivity index (χ1n) is 9.66. The van der Waals surface area contributed by atoms with E-state index in [1.807, 2.05) is 13.8 Å². The van der Waals surface area contributed by atoms with Crippen LogP contribution < -0.4 is 0 Å². The van der Waals surface area contributed by atoms with E-state index < -0.39 is 34.7 Å². The molecule has 0 heterocycles. The summed E-state index contributed by atoms with van der Waals surface area (Å²) in [6.07, 6.45) is 1.80. The van der Waals surface area contributed by atoms with Crippen molar-refractivity contribution < 1.29 is 23.5 Å². The zero-order valence-corrected chi connectivity index (χ0v) is 16.7. The van der Waals surface area contributed by atoms with E-state index in [1.165, 1.54) is 18.2 Å². The average Bonchev–Trinajstić information content (AvgIpc) is 2.82. The summed E-state index contributed by atoms with van der Waals surface area (Å²) < 4.78 is 31.9. The zero-order chi connectivity index (χ0) is 19.9. The molecule has 0 aromatic heterocycles. The molecule has 4 aliphatic rings. The van der Waals surface area contributed by atoms with Crippen molar-refractivity contribution >= 4 is 23.5 Å². The molecule has 4 rings (SSSR count). The third-order valence-electron chi connectivity index (χ3n) is 8.23. The first-order valence-corrected chi connectivity index (χ1v) is 10.1. The van der Waals surface area contributed by atoms with E-state index in [0.717, 1.165) is 0 Å². The standard InChI is InChI=1S/C21H26F2O3S/c1-10-6-12-13-8-15(22)14-7-11(24)4-5-20(14,3)21(13,23)16(25)9-19(12,2)17(10)18(26)27/h4-5,7,10,12-13,15-17,25H,6,8-9H2,1-3H3,(H,26,27)/t10-,12?,13?,15+,16?,17?,19?,20?,21+/m1/s1. The van der Waals surface area contributed by atoms with Crippen LogP contribution >= 0.6 is 12.6 Å². The van der Waals surface area contributed by atoms with Crippen molar-refractivity contribution in [1.29, 1.82) is 0 Å². The number of aliphatic hydroxyl groups is 1. The van der Waals surface area contributed by atoms with Gasteiger partial charge >= 0.3 is 0 Å². The van der Waals surface area contributed by atoms with Gasteiger partial charge in [0.05, 0.1) is 6.10 Å². The van der Waals surface area contributed by atoms with Gasteiger partial charge in [0, 0.05) is 17.3 Å². The SMILES string of the molecule is C[C@@H]1CC2C3C[C@H](F)C4=CC(=O)C=CC4(C)[C@@]3(F)C(O)CC2(C)C1C(=O)S. The average molecular weight is 396 g/mol. The van der Waals surface area contributed by atoms with Gasteiger partial charge in [-0.15, -0.1) is 12.6 Å². The summed E-state index contributed by atoms with van der Waals surface area (Å²) in [4.78, 5) is 24.0. The van der Waals surface area contributed by atoms with Gasteiger partial charge in [-0.05, 0) is 61.2 Å². The van der Waals surface area contributed by atoms with E-state index in [4.69, 9.17) is 0 Å². The predicted molar refractivity (Wildman–Crippen MR) is 101 cm³/mol. The van der Waals surface area contributed by atoms with E-state index in [0.29, 0.717) is 6.42 Å². The Balaban J connectivity index is 1.86. The van der Waals surface area contributed by atoms with Crippen LogP contribution in [0.4, 0.5) is 8.78 Å². The van der Waals surface area contributed by atoms with E-state index in [-0.39, 0.29) is 47.1 Å². The summed E-state index contributed by atoms with van der Waals surface area (Å²) in [6.45, 7) is 5.46. The minimum absolute atomic E-state index is 0.00540. The zero-order valence-electron chi connectivity index (χ0n) is 15.8. The first-order chi connectivity index (χ1) is 12.5. The van der Waals surface area contributed by atoms with Crippen LogP contribution in [0.3, 0.4) is 0 Å². The molecule has 0 amide bonds. The second-order valence-electron chi connectivity index (χ2n) is 9.48. The third kappa shape index (κ3) is 2.23. The Morgan fingerprint density at radius 3 is 2.59 bits per heavy atom. The van der Waals surface area contributed by atoms with Gasteiger partial charge in [-0.1, -0.05) is 19.9 Å². The van der Waals surface area contributed by atoms with Crippen LogP contribution in [0.5, 0.6) is 0 Å². The summed E-state index contributed by atoms with van der Waals surface area (Å²) in [6, 6.07) is 0. The number of hydrogen-bond donors (Lipinski definition) is 2. The van der Waals surface area contributed by atoms with Crippen LogP contribution in [0.25, 0.3) is 0 Å². The van der Waals surface area contributed by atoms with E-state index in [9.17, 15) is 14.7 Å². The number of halogens is 2. The van der Waals surface area contributed by atoms with Gasteiger partial charge in [-0.2, -0.15) is 0 Å². The maximum atomic E-state index is 16.8. The molecule has 0 aliphatic heterocycles. The molecule has 148 valence electrons. The van der Waals surface area contributed by atoms with Crippen molar-refractivity contribution in [3.63, 3.8) is 0 Å². The molecule has 27 heavy (non-hydrogen) atoms. The highest BCUT2D eigenvalue weighted by atomic mass is 32.1. The van der Waals surface area contributed by atoms with Crippen LogP contribution in [0, 0.1) is 34.5 Å². The summed E-state index contributed by atoms with van der Waals surface area (Å²) in [5.41, 5.74) is -3.92. The largest absolute Gasteiger partial charge is 0.390 e. The third-order valence-corrected chi connectivity index (χ3v) is 8.51. The molecule has 0 saturated heterocycles. The number of alkyl halides is 2. The number of thiol groups is 1. The highest BCUT2D eigenvalue weighted by Crippen LogP contribution is 2.70. The number of hydrogen-bond acceptors (Lipinski definition) is 3. The molecular weight excluding hydrogens is 370 g/mol. The van der Waals surface area contributed by atoms with E-state index in [1.54, 1.807) is 6.92 Å². The summed E-state index contributed by atoms with van der Waals surface area (Å²) >= 11 is 4.06. The fourth-order valence-electron chi connectivity index (χ4n) is 7.10. The molecule has 9 atom stereocenters. The maximum absolute atomic E-state index is 16.8. The molecule has 0 bridgehead atoms. The number of rotatable bonds is 1. The normalized spacial score (nSPS) is 54.0. The van der Waals surface area contributed by atoms with Gasteiger partial charge in [0.25, 0.3) is 0 Å². The van der Waals surface area contributed by atoms with Crippen molar-refractivity contribution in [3.8, 4) is 0 Å². The summed E-state index contributed by atoms with van der Waals surface area (Å²) in [7, 11) is 0. The smallest absolute Gasteiger partial charge is 0.189 e. The van der Waals surface area contributed by atoms with Crippen LogP contribution in [0.15, 0.2) is 23.8 Å². The minimum atomic E-state index is -2.07. The number of fused-ring (bicyclic) bond motifs is 5. The molecule has 0 radical (unpaired) electrons. The Kier molecular flexibility index (Phi) is 4.12. The van der Waals surface area contributed by atoms with Crippen LogP contribution in [0.1, 0.15) is 40.0 Å². The van der Waals surface area contributed by atoms with E-state index in [2.05, 4.69) is 12.6 Å². The second-order valence-corrected chi connectivity index (χ2v) is 9.92. The molecule has 3 saturated carbocycles. The molecule has 0 aromatic rings. The lowest BCUT2D eigenvalue weighted by molar-refractivity contribution is -0.201. The van der Waals surface area contributed by atoms with Gasteiger partial charge < -0.3 is 5.11 Å². The second kappa shape index (κ2) is 5.76. The van der Waals surface area contributed by atoms with Crippen molar-refractivity contribution in [2.75, 3.05) is 0 Å². The Labute approximate surface area is 163 Å². The fraction of sp³-hybridized carbons (Fsp3) is 0.714. The van der Waals surface area contributed by atoms with Gasteiger partial charge in [-0.25, -0.2) is 8.78 Å². The molecule has 1 N–H and O–H groups in total. The number of carbonyl (C=O) groups is 2. The summed E-state index contributed by atoms with van der Waals surface area (Å²) in [5.74, 6) is -1.66. The molecule has 0 spiro atoms. The number of carbonyl (C=O) groups excluding carboxylic acids is 2. The molecule has 6 heteroatoms. The Morgan fingerprint density at radius 2 is 1.96 bits per heavy atom. The molecule has 6 unspecified atom stereocenters. The highest BCUT2D eigenvalue weighted by molar-refractivity contribution is 7.96. The number of allylic oxidation sites excluding steroid dienone is 4. The quantitative estimate of drug-likeness (QED) is 0.666. The predicted octanol–water partition coefficient (Wildman–Crippen LogP) is 3.62. The number of ketones is 1. The Hall–Kier alpha value is -1.01. The van der Waals surface area contributed by atoms with Crippen LogP contribution in [-0.2, 0) is 9.59 Å². The topological polar surface area (TPSA) is 54.4 Å². The minimum Gasteiger partial charge on any atom is -0.390 e. The van der Waals surface area contributed by atoms with Crippen molar-refractivity contribution in [2.24, 2.45) is 34.5 Å². The summed E-state index contributed by atoms with van der Waals surface area (Å²) in [5, 5.41) is 10.8. The highest BCUT2D eigenvalue weighted by Gasteiger charge is 2.72. The number of aliphatic hydroxyl groups excluding tert-OH is 1. The van der Waals surface area contributed by atoms with Crippen LogP contribution in [0.2, 0.25) is 0 Å². The first kappa shape index (κ1) is 19.3. The van der Waals surface area contributed by atoms with Crippen LogP contribution in [-0.4, -0.2) is 33.9 Å². The lowest BCUT2D eigenvalue weighted by atomic mass is 9.45. The Morgan fingerprint density at radius 1 is 1.30 bits per heavy atom. The van der Waals surface area contributed by atoms with Gasteiger partial charge in [0.1, 0.15) is 6.17 Å².